The monoisotopic (exact) mass is 670 g/mol. The van der Waals surface area contributed by atoms with Gasteiger partial charge in [0.1, 0.15) is 11.5 Å². The smallest absolute Gasteiger partial charge is 0.311 e. The number of nitrogens with zero attached hydrogens (tertiary/aromatic N) is 2. The van der Waals surface area contributed by atoms with E-state index in [0.717, 1.165) is 114 Å². The molecule has 7 heteroatoms. The highest BCUT2D eigenvalue weighted by Gasteiger charge is 2.05. The standard InChI is InChI=1S/C42H58N2O5/c1-2-3-4-5-22-25-36-48-39-32-28-37(29-33-39)43-44-38-30-34-40(35-31-38)49-42(47)27-24-21-19-17-15-13-11-9-7-6-8-10-12-14-16-18-20-23-26-41(45)46/h28-35H,2-5,10-27,36H2,1H3,(H,45,46). The summed E-state index contributed by atoms with van der Waals surface area (Å²) in [6.07, 6.45) is 22.5. The molecule has 2 aromatic rings. The molecule has 0 spiro atoms. The second kappa shape index (κ2) is 28.9. The van der Waals surface area contributed by atoms with E-state index in [9.17, 15) is 9.59 Å². The van der Waals surface area contributed by atoms with Gasteiger partial charge >= 0.3 is 11.9 Å². The van der Waals surface area contributed by atoms with Crippen LogP contribution in [0, 0.1) is 23.7 Å². The van der Waals surface area contributed by atoms with Crippen molar-refractivity contribution in [2.75, 3.05) is 6.61 Å². The van der Waals surface area contributed by atoms with E-state index >= 15 is 0 Å². The zero-order chi connectivity index (χ0) is 35.0. The van der Waals surface area contributed by atoms with Crippen LogP contribution in [0.5, 0.6) is 11.5 Å². The summed E-state index contributed by atoms with van der Waals surface area (Å²) in [5.74, 6) is 12.6. The molecule has 0 aliphatic heterocycles. The lowest BCUT2D eigenvalue weighted by Crippen LogP contribution is -2.07. The second-order valence-electron chi connectivity index (χ2n) is 12.5. The number of carbonyl (C=O) groups is 2. The van der Waals surface area contributed by atoms with E-state index in [2.05, 4.69) is 40.8 Å². The molecule has 0 bridgehead atoms. The lowest BCUT2D eigenvalue weighted by molar-refractivity contribution is -0.137. The number of rotatable bonds is 27. The number of benzene rings is 2. The summed E-state index contributed by atoms with van der Waals surface area (Å²) < 4.78 is 11.3. The Hall–Kier alpha value is -4.10. The Morgan fingerprint density at radius 3 is 1.55 bits per heavy atom. The summed E-state index contributed by atoms with van der Waals surface area (Å²) in [5, 5.41) is 17.2. The third kappa shape index (κ3) is 23.8. The van der Waals surface area contributed by atoms with Crippen molar-refractivity contribution in [2.45, 2.75) is 148 Å². The third-order valence-corrected chi connectivity index (χ3v) is 8.07. The van der Waals surface area contributed by atoms with Gasteiger partial charge in [0.25, 0.3) is 0 Å². The Morgan fingerprint density at radius 2 is 1.02 bits per heavy atom. The SMILES string of the molecule is CCCCCCCCOc1ccc(N=Nc2ccc(OC(=O)CCCCCCCCC#CC#CCCCCCCCCC(=O)O)cc2)cc1. The Labute approximate surface area is 295 Å². The zero-order valence-electron chi connectivity index (χ0n) is 29.9. The molecule has 0 aliphatic carbocycles. The number of hydrogen-bond donors (Lipinski definition) is 1. The topological polar surface area (TPSA) is 97.6 Å². The van der Waals surface area contributed by atoms with Gasteiger partial charge in [-0.1, -0.05) is 102 Å². The zero-order valence-corrected chi connectivity index (χ0v) is 29.9. The quantitative estimate of drug-likeness (QED) is 0.0335. The molecule has 0 atom stereocenters. The molecule has 0 unspecified atom stereocenters. The number of unbranched alkanes of at least 4 members (excludes halogenated alkanes) is 17. The normalized spacial score (nSPS) is 10.6. The Bertz CT molecular complexity index is 1310. The van der Waals surface area contributed by atoms with Crippen molar-refractivity contribution < 1.29 is 24.2 Å². The molecule has 7 nitrogen and oxygen atoms in total. The van der Waals surface area contributed by atoms with Crippen molar-refractivity contribution in [3.63, 3.8) is 0 Å². The molecule has 0 amide bonds. The predicted molar refractivity (Wildman–Crippen MR) is 199 cm³/mol. The molecule has 0 heterocycles. The molecular weight excluding hydrogens is 612 g/mol. The van der Waals surface area contributed by atoms with E-state index in [1.807, 2.05) is 24.3 Å². The van der Waals surface area contributed by atoms with Crippen LogP contribution in [0.1, 0.15) is 148 Å². The predicted octanol–water partition coefficient (Wildman–Crippen LogP) is 12.1. The summed E-state index contributed by atoms with van der Waals surface area (Å²) in [5.41, 5.74) is 1.44. The third-order valence-electron chi connectivity index (χ3n) is 8.07. The van der Waals surface area contributed by atoms with Crippen molar-refractivity contribution in [3.8, 4) is 35.2 Å². The summed E-state index contributed by atoms with van der Waals surface area (Å²) in [7, 11) is 0. The first-order chi connectivity index (χ1) is 24.1. The first-order valence-corrected chi connectivity index (χ1v) is 18.7. The van der Waals surface area contributed by atoms with Crippen molar-refractivity contribution in [1.29, 1.82) is 0 Å². The van der Waals surface area contributed by atoms with Crippen LogP contribution in [-0.2, 0) is 9.59 Å². The van der Waals surface area contributed by atoms with E-state index in [1.165, 1.54) is 32.1 Å². The van der Waals surface area contributed by atoms with Crippen LogP contribution in [0.15, 0.2) is 58.8 Å². The van der Waals surface area contributed by atoms with Crippen LogP contribution in [0.3, 0.4) is 0 Å². The maximum absolute atomic E-state index is 12.3. The van der Waals surface area contributed by atoms with Crippen LogP contribution in [0.4, 0.5) is 11.4 Å². The van der Waals surface area contributed by atoms with Crippen LogP contribution in [0.2, 0.25) is 0 Å². The fourth-order valence-electron chi connectivity index (χ4n) is 5.16. The van der Waals surface area contributed by atoms with E-state index in [-0.39, 0.29) is 12.4 Å². The maximum atomic E-state index is 12.3. The van der Waals surface area contributed by atoms with Gasteiger partial charge in [0.2, 0.25) is 0 Å². The minimum Gasteiger partial charge on any atom is -0.494 e. The molecule has 266 valence electrons. The van der Waals surface area contributed by atoms with Crippen molar-refractivity contribution in [1.82, 2.24) is 0 Å². The van der Waals surface area contributed by atoms with Gasteiger partial charge in [0.15, 0.2) is 0 Å². The van der Waals surface area contributed by atoms with Gasteiger partial charge in [-0.25, -0.2) is 0 Å². The molecule has 2 rings (SSSR count). The Morgan fingerprint density at radius 1 is 0.571 bits per heavy atom. The van der Waals surface area contributed by atoms with Gasteiger partial charge in [-0.3, -0.25) is 9.59 Å². The van der Waals surface area contributed by atoms with Crippen LogP contribution in [0.25, 0.3) is 0 Å². The highest BCUT2D eigenvalue weighted by molar-refractivity contribution is 5.72. The van der Waals surface area contributed by atoms with Gasteiger partial charge in [-0.2, -0.15) is 10.2 Å². The highest BCUT2D eigenvalue weighted by atomic mass is 16.5. The van der Waals surface area contributed by atoms with Crippen molar-refractivity contribution in [3.05, 3.63) is 48.5 Å². The van der Waals surface area contributed by atoms with E-state index in [1.54, 1.807) is 24.3 Å². The first-order valence-electron chi connectivity index (χ1n) is 18.7. The second-order valence-corrected chi connectivity index (χ2v) is 12.5. The number of carbonyl (C=O) groups excluding carboxylic acids is 1. The lowest BCUT2D eigenvalue weighted by Gasteiger charge is -2.06. The van der Waals surface area contributed by atoms with Gasteiger partial charge < -0.3 is 14.6 Å². The molecule has 0 radical (unpaired) electrons. The van der Waals surface area contributed by atoms with E-state index < -0.39 is 5.97 Å². The fraction of sp³-hybridized carbons (Fsp3) is 0.571. The van der Waals surface area contributed by atoms with Gasteiger partial charge in [0.05, 0.1) is 18.0 Å². The fourth-order valence-corrected chi connectivity index (χ4v) is 5.16. The molecular formula is C42H58N2O5. The van der Waals surface area contributed by atoms with Crippen molar-refractivity contribution in [2.24, 2.45) is 10.2 Å². The van der Waals surface area contributed by atoms with E-state index in [4.69, 9.17) is 14.6 Å². The van der Waals surface area contributed by atoms with Gasteiger partial charge in [0, 0.05) is 25.7 Å². The van der Waals surface area contributed by atoms with Gasteiger partial charge in [-0.15, -0.1) is 0 Å². The van der Waals surface area contributed by atoms with E-state index in [0.29, 0.717) is 17.9 Å². The number of azo groups is 1. The van der Waals surface area contributed by atoms with Gasteiger partial charge in [-0.05, 0) is 92.5 Å². The van der Waals surface area contributed by atoms with Crippen LogP contribution < -0.4 is 9.47 Å². The molecule has 49 heavy (non-hydrogen) atoms. The molecule has 0 aromatic heterocycles. The molecule has 0 saturated heterocycles. The number of esters is 1. The summed E-state index contributed by atoms with van der Waals surface area (Å²) in [4.78, 5) is 22.7. The lowest BCUT2D eigenvalue weighted by atomic mass is 10.1. The molecule has 1 N–H and O–H groups in total. The maximum Gasteiger partial charge on any atom is 0.311 e. The number of hydrogen-bond acceptors (Lipinski definition) is 6. The number of carboxylic acid groups (broad SMARTS) is 1. The first kappa shape index (κ1) is 41.1. The highest BCUT2D eigenvalue weighted by Crippen LogP contribution is 2.24. The van der Waals surface area contributed by atoms with Crippen LogP contribution >= 0.6 is 0 Å². The van der Waals surface area contributed by atoms with Crippen molar-refractivity contribution >= 4 is 23.3 Å². The minimum atomic E-state index is -0.703. The number of aliphatic carboxylic acids is 1. The Balaban J connectivity index is 1.46. The summed E-state index contributed by atoms with van der Waals surface area (Å²) in [6, 6.07) is 14.7. The summed E-state index contributed by atoms with van der Waals surface area (Å²) >= 11 is 0. The minimum absolute atomic E-state index is 0.211. The van der Waals surface area contributed by atoms with Crippen LogP contribution in [-0.4, -0.2) is 23.7 Å². The average Bonchev–Trinajstić information content (AvgIpc) is 3.10. The Kier molecular flexibility index (Phi) is 24.2. The molecule has 0 saturated carbocycles. The largest absolute Gasteiger partial charge is 0.494 e. The average molecular weight is 671 g/mol. The summed E-state index contributed by atoms with van der Waals surface area (Å²) in [6.45, 7) is 2.97. The molecule has 2 aromatic carbocycles. The molecule has 0 aliphatic rings. The number of carboxylic acids is 1. The molecule has 0 fully saturated rings. The number of ether oxygens (including phenoxy) is 2.